The minimum Gasteiger partial charge on any atom is -0.465 e. The van der Waals surface area contributed by atoms with Crippen molar-refractivity contribution in [2.45, 2.75) is 6.92 Å². The van der Waals surface area contributed by atoms with Crippen molar-refractivity contribution in [1.29, 1.82) is 0 Å². The van der Waals surface area contributed by atoms with E-state index in [2.05, 4.69) is 21.3 Å². The zero-order valence-electron chi connectivity index (χ0n) is 11.3. The summed E-state index contributed by atoms with van der Waals surface area (Å²) in [6.07, 6.45) is 0. The van der Waals surface area contributed by atoms with E-state index in [9.17, 15) is 13.2 Å². The number of nitrogens with one attached hydrogen (secondary N) is 1. The maximum atomic E-state index is 11.8. The summed E-state index contributed by atoms with van der Waals surface area (Å²) in [5.41, 5.74) is 5.97. The standard InChI is InChI=1S/C13H15ClN2O4S/c1-2-20-13(17)9-21(18,19)16-11-5-6-12(14)10(8-11)4-3-7-15/h5-6,8,16H,2,7,9,15H2,1H3. The molecule has 0 aliphatic carbocycles. The van der Waals surface area contributed by atoms with Crippen LogP contribution in [0.2, 0.25) is 5.02 Å². The Labute approximate surface area is 128 Å². The van der Waals surface area contributed by atoms with Crippen molar-refractivity contribution in [2.24, 2.45) is 5.73 Å². The van der Waals surface area contributed by atoms with Crippen LogP contribution in [0.15, 0.2) is 18.2 Å². The molecule has 1 aromatic rings. The Bertz CT molecular complexity index is 677. The molecule has 0 unspecified atom stereocenters. The fourth-order valence-electron chi connectivity index (χ4n) is 1.40. The number of hydrogen-bond acceptors (Lipinski definition) is 5. The van der Waals surface area contributed by atoms with Gasteiger partial charge in [0.2, 0.25) is 10.0 Å². The Kier molecular flexibility index (Phi) is 6.49. The SMILES string of the molecule is CCOC(=O)CS(=O)(=O)Nc1ccc(Cl)c(C#CCN)c1. The minimum absolute atomic E-state index is 0.119. The molecular formula is C13H15ClN2O4S. The molecule has 1 rings (SSSR count). The summed E-state index contributed by atoms with van der Waals surface area (Å²) in [4.78, 5) is 11.2. The fourth-order valence-corrected chi connectivity index (χ4v) is 2.52. The number of anilines is 1. The Hall–Kier alpha value is -1.75. The molecular weight excluding hydrogens is 316 g/mol. The van der Waals surface area contributed by atoms with E-state index in [-0.39, 0.29) is 18.8 Å². The van der Waals surface area contributed by atoms with E-state index in [1.54, 1.807) is 6.92 Å². The van der Waals surface area contributed by atoms with Gasteiger partial charge in [0.05, 0.1) is 18.2 Å². The molecule has 0 radical (unpaired) electrons. The Morgan fingerprint density at radius 2 is 2.19 bits per heavy atom. The van der Waals surface area contributed by atoms with Crippen LogP contribution in [0.3, 0.4) is 0 Å². The molecule has 0 saturated carbocycles. The van der Waals surface area contributed by atoms with E-state index in [0.29, 0.717) is 10.6 Å². The number of ether oxygens (including phenoxy) is 1. The van der Waals surface area contributed by atoms with E-state index in [1.165, 1.54) is 18.2 Å². The fraction of sp³-hybridized carbons (Fsp3) is 0.308. The Balaban J connectivity index is 2.90. The van der Waals surface area contributed by atoms with E-state index in [1.807, 2.05) is 0 Å². The highest BCUT2D eigenvalue weighted by atomic mass is 35.5. The van der Waals surface area contributed by atoms with Crippen LogP contribution in [0.5, 0.6) is 0 Å². The molecule has 1 aromatic carbocycles. The van der Waals surface area contributed by atoms with Gasteiger partial charge in [0.1, 0.15) is 0 Å². The summed E-state index contributed by atoms with van der Waals surface area (Å²) in [7, 11) is -3.85. The number of nitrogens with two attached hydrogens (primary N) is 1. The van der Waals surface area contributed by atoms with Crippen molar-refractivity contribution in [2.75, 3.05) is 23.6 Å². The second-order valence-electron chi connectivity index (χ2n) is 3.87. The van der Waals surface area contributed by atoms with Crippen molar-refractivity contribution < 1.29 is 17.9 Å². The molecule has 3 N–H and O–H groups in total. The van der Waals surface area contributed by atoms with Crippen molar-refractivity contribution in [1.82, 2.24) is 0 Å². The van der Waals surface area contributed by atoms with Gasteiger partial charge in [0.25, 0.3) is 0 Å². The molecule has 0 atom stereocenters. The molecule has 0 saturated heterocycles. The molecule has 21 heavy (non-hydrogen) atoms. The number of benzene rings is 1. The second kappa shape index (κ2) is 7.88. The average molecular weight is 331 g/mol. The van der Waals surface area contributed by atoms with Gasteiger partial charge in [0.15, 0.2) is 5.75 Å². The van der Waals surface area contributed by atoms with Gasteiger partial charge < -0.3 is 10.5 Å². The van der Waals surface area contributed by atoms with Crippen LogP contribution in [0.1, 0.15) is 12.5 Å². The number of sulfonamides is 1. The summed E-state index contributed by atoms with van der Waals surface area (Å²) < 4.78 is 30.5. The second-order valence-corrected chi connectivity index (χ2v) is 6.00. The highest BCUT2D eigenvalue weighted by molar-refractivity contribution is 7.93. The van der Waals surface area contributed by atoms with Crippen molar-refractivity contribution >= 4 is 33.3 Å². The molecule has 0 heterocycles. The lowest BCUT2D eigenvalue weighted by Crippen LogP contribution is -2.24. The zero-order valence-corrected chi connectivity index (χ0v) is 12.9. The van der Waals surface area contributed by atoms with Gasteiger partial charge in [-0.25, -0.2) is 8.42 Å². The zero-order chi connectivity index (χ0) is 15.9. The average Bonchev–Trinajstić information content (AvgIpc) is 2.38. The van der Waals surface area contributed by atoms with E-state index in [0.717, 1.165) is 0 Å². The van der Waals surface area contributed by atoms with Crippen LogP contribution in [-0.2, 0) is 19.6 Å². The van der Waals surface area contributed by atoms with Crippen LogP contribution < -0.4 is 10.5 Å². The molecule has 0 aromatic heterocycles. The Morgan fingerprint density at radius 1 is 1.48 bits per heavy atom. The van der Waals surface area contributed by atoms with E-state index >= 15 is 0 Å². The number of carbonyl (C=O) groups excluding carboxylic acids is 1. The largest absolute Gasteiger partial charge is 0.465 e. The topological polar surface area (TPSA) is 98.5 Å². The smallest absolute Gasteiger partial charge is 0.323 e. The van der Waals surface area contributed by atoms with Gasteiger partial charge in [-0.15, -0.1) is 0 Å². The van der Waals surface area contributed by atoms with Gasteiger partial charge in [-0.2, -0.15) is 0 Å². The van der Waals surface area contributed by atoms with Crippen LogP contribution in [0, 0.1) is 11.8 Å². The first-order valence-electron chi connectivity index (χ1n) is 6.02. The number of carbonyl (C=O) groups is 1. The summed E-state index contributed by atoms with van der Waals surface area (Å²) in [5, 5.41) is 0.379. The normalized spacial score (nSPS) is 10.4. The highest BCUT2D eigenvalue weighted by Crippen LogP contribution is 2.20. The molecule has 0 aliphatic heterocycles. The van der Waals surface area contributed by atoms with E-state index in [4.69, 9.17) is 17.3 Å². The van der Waals surface area contributed by atoms with Crippen LogP contribution in [0.4, 0.5) is 5.69 Å². The monoisotopic (exact) mass is 330 g/mol. The maximum Gasteiger partial charge on any atom is 0.323 e. The van der Waals surface area contributed by atoms with Crippen LogP contribution in [0.25, 0.3) is 0 Å². The maximum absolute atomic E-state index is 11.8. The minimum atomic E-state index is -3.85. The third kappa shape index (κ3) is 6.04. The van der Waals surface area contributed by atoms with Gasteiger partial charge in [-0.05, 0) is 25.1 Å². The van der Waals surface area contributed by atoms with Crippen molar-refractivity contribution in [3.05, 3.63) is 28.8 Å². The predicted octanol–water partition coefficient (Wildman–Crippen LogP) is 0.955. The predicted molar refractivity (Wildman–Crippen MR) is 81.4 cm³/mol. The summed E-state index contributed by atoms with van der Waals surface area (Å²) in [5.74, 6) is 3.78. The third-order valence-corrected chi connectivity index (χ3v) is 3.67. The van der Waals surface area contributed by atoms with Gasteiger partial charge >= 0.3 is 5.97 Å². The van der Waals surface area contributed by atoms with Gasteiger partial charge in [-0.1, -0.05) is 23.4 Å². The van der Waals surface area contributed by atoms with Gasteiger partial charge in [0, 0.05) is 11.3 Å². The summed E-state index contributed by atoms with van der Waals surface area (Å²) in [6, 6.07) is 4.44. The molecule has 8 heteroatoms. The van der Waals surface area contributed by atoms with Crippen molar-refractivity contribution in [3.8, 4) is 11.8 Å². The van der Waals surface area contributed by atoms with Gasteiger partial charge in [-0.3, -0.25) is 9.52 Å². The lowest BCUT2D eigenvalue weighted by Gasteiger charge is -2.08. The molecule has 0 fully saturated rings. The molecule has 6 nitrogen and oxygen atoms in total. The number of esters is 1. The number of hydrogen-bond donors (Lipinski definition) is 2. The third-order valence-electron chi connectivity index (χ3n) is 2.18. The molecule has 0 amide bonds. The molecule has 0 spiro atoms. The lowest BCUT2D eigenvalue weighted by molar-refractivity contribution is -0.139. The number of rotatable bonds is 5. The van der Waals surface area contributed by atoms with Crippen LogP contribution in [-0.4, -0.2) is 33.3 Å². The first kappa shape index (κ1) is 17.3. The molecule has 114 valence electrons. The Morgan fingerprint density at radius 3 is 2.81 bits per heavy atom. The quantitative estimate of drug-likeness (QED) is 0.619. The highest BCUT2D eigenvalue weighted by Gasteiger charge is 2.17. The molecule has 0 bridgehead atoms. The van der Waals surface area contributed by atoms with E-state index < -0.39 is 21.7 Å². The first-order chi connectivity index (χ1) is 9.88. The number of halogens is 1. The van der Waals surface area contributed by atoms with Crippen molar-refractivity contribution in [3.63, 3.8) is 0 Å². The summed E-state index contributed by atoms with van der Waals surface area (Å²) >= 11 is 5.93. The lowest BCUT2D eigenvalue weighted by atomic mass is 10.2. The van der Waals surface area contributed by atoms with Crippen LogP contribution >= 0.6 is 11.6 Å². The summed E-state index contributed by atoms with van der Waals surface area (Å²) in [6.45, 7) is 1.88. The molecule has 0 aliphatic rings. The first-order valence-corrected chi connectivity index (χ1v) is 8.05.